The molecule has 0 aromatic heterocycles. The molecule has 35 heavy (non-hydrogen) atoms. The Hall–Kier alpha value is -3.51. The van der Waals surface area contributed by atoms with Gasteiger partial charge < -0.3 is 19.5 Å². The van der Waals surface area contributed by atoms with E-state index in [4.69, 9.17) is 14.2 Å². The highest BCUT2D eigenvalue weighted by atomic mass is 16.5. The standard InChI is InChI=1S/C29H34N2O4/c1-19-6-10-22(11-7-19)29(32)30-20(2)28-25-17-27(35-5)26(34-4)16-23(25)14-15-31(28)18-21-8-12-24(33-3)13-9-21/h6-13,16-17,20,28H,14-15,18H2,1-5H3,(H,30,32). The van der Waals surface area contributed by atoms with Gasteiger partial charge in [0.2, 0.25) is 0 Å². The highest BCUT2D eigenvalue weighted by Gasteiger charge is 2.34. The minimum absolute atomic E-state index is 0.0324. The normalized spacial score (nSPS) is 16.2. The molecule has 0 saturated carbocycles. The predicted octanol–water partition coefficient (Wildman–Crippen LogP) is 4.94. The van der Waals surface area contributed by atoms with E-state index in [1.807, 2.05) is 43.3 Å². The van der Waals surface area contributed by atoms with E-state index in [1.165, 1.54) is 11.1 Å². The Morgan fingerprint density at radius 3 is 2.26 bits per heavy atom. The maximum absolute atomic E-state index is 13.1. The molecule has 3 aromatic rings. The Balaban J connectivity index is 1.66. The zero-order valence-electron chi connectivity index (χ0n) is 21.1. The Labute approximate surface area is 207 Å². The molecule has 0 aliphatic carbocycles. The summed E-state index contributed by atoms with van der Waals surface area (Å²) in [4.78, 5) is 15.5. The van der Waals surface area contributed by atoms with Crippen molar-refractivity contribution in [3.8, 4) is 17.2 Å². The van der Waals surface area contributed by atoms with Gasteiger partial charge in [0.15, 0.2) is 11.5 Å². The second-order valence-corrected chi connectivity index (χ2v) is 9.05. The summed E-state index contributed by atoms with van der Waals surface area (Å²) in [6.45, 7) is 5.71. The molecule has 3 aromatic carbocycles. The molecule has 184 valence electrons. The van der Waals surface area contributed by atoms with E-state index in [0.717, 1.165) is 42.1 Å². The highest BCUT2D eigenvalue weighted by molar-refractivity contribution is 5.94. The van der Waals surface area contributed by atoms with Crippen LogP contribution in [0.5, 0.6) is 17.2 Å². The van der Waals surface area contributed by atoms with Crippen molar-refractivity contribution in [1.82, 2.24) is 10.2 Å². The monoisotopic (exact) mass is 474 g/mol. The largest absolute Gasteiger partial charge is 0.497 e. The van der Waals surface area contributed by atoms with Crippen LogP contribution in [0.25, 0.3) is 0 Å². The average Bonchev–Trinajstić information content (AvgIpc) is 2.88. The lowest BCUT2D eigenvalue weighted by atomic mass is 9.87. The third-order valence-corrected chi connectivity index (χ3v) is 6.72. The van der Waals surface area contributed by atoms with Gasteiger partial charge in [0, 0.05) is 24.7 Å². The SMILES string of the molecule is COc1ccc(CN2CCc3cc(OC)c(OC)cc3C2C(C)NC(=O)c2ccc(C)cc2)cc1. The molecule has 2 unspecified atom stereocenters. The van der Waals surface area contributed by atoms with Crippen molar-refractivity contribution in [3.63, 3.8) is 0 Å². The fraction of sp³-hybridized carbons (Fsp3) is 0.345. The van der Waals surface area contributed by atoms with E-state index >= 15 is 0 Å². The fourth-order valence-corrected chi connectivity index (χ4v) is 4.83. The smallest absolute Gasteiger partial charge is 0.251 e. The van der Waals surface area contributed by atoms with E-state index in [-0.39, 0.29) is 18.0 Å². The maximum Gasteiger partial charge on any atom is 0.251 e. The minimum atomic E-state index is -0.140. The number of methoxy groups -OCH3 is 3. The first-order valence-electron chi connectivity index (χ1n) is 11.9. The van der Waals surface area contributed by atoms with Crippen LogP contribution in [-0.4, -0.2) is 44.7 Å². The van der Waals surface area contributed by atoms with Crippen LogP contribution in [-0.2, 0) is 13.0 Å². The number of nitrogens with one attached hydrogen (secondary N) is 1. The van der Waals surface area contributed by atoms with E-state index < -0.39 is 0 Å². The van der Waals surface area contributed by atoms with Gasteiger partial charge in [-0.2, -0.15) is 0 Å². The number of amides is 1. The second-order valence-electron chi connectivity index (χ2n) is 9.05. The van der Waals surface area contributed by atoms with Gasteiger partial charge in [0.1, 0.15) is 5.75 Å². The molecule has 0 bridgehead atoms. The van der Waals surface area contributed by atoms with Crippen molar-refractivity contribution in [1.29, 1.82) is 0 Å². The van der Waals surface area contributed by atoms with Crippen molar-refractivity contribution in [3.05, 3.63) is 88.5 Å². The molecule has 0 radical (unpaired) electrons. The number of nitrogens with zero attached hydrogens (tertiary/aromatic N) is 1. The summed E-state index contributed by atoms with van der Waals surface area (Å²) in [5, 5.41) is 3.25. The van der Waals surface area contributed by atoms with Gasteiger partial charge in [0.05, 0.1) is 27.4 Å². The number of carbonyl (C=O) groups excluding carboxylic acids is 1. The molecule has 6 heteroatoms. The third-order valence-electron chi connectivity index (χ3n) is 6.72. The van der Waals surface area contributed by atoms with Gasteiger partial charge in [0.25, 0.3) is 5.91 Å². The van der Waals surface area contributed by atoms with E-state index in [9.17, 15) is 4.79 Å². The number of carbonyl (C=O) groups is 1. The molecule has 0 spiro atoms. The van der Waals surface area contributed by atoms with Crippen LogP contribution in [0, 0.1) is 6.92 Å². The number of ether oxygens (including phenoxy) is 3. The summed E-state index contributed by atoms with van der Waals surface area (Å²) in [5.41, 5.74) is 5.35. The van der Waals surface area contributed by atoms with Gasteiger partial charge in [-0.1, -0.05) is 29.8 Å². The number of benzene rings is 3. The lowest BCUT2D eigenvalue weighted by Gasteiger charge is -2.41. The van der Waals surface area contributed by atoms with Crippen LogP contribution in [0.15, 0.2) is 60.7 Å². The molecule has 1 aliphatic heterocycles. The van der Waals surface area contributed by atoms with Crippen molar-refractivity contribution < 1.29 is 19.0 Å². The summed E-state index contributed by atoms with van der Waals surface area (Å²) in [7, 11) is 4.98. The van der Waals surface area contributed by atoms with Crippen LogP contribution in [0.3, 0.4) is 0 Å². The third kappa shape index (κ3) is 5.43. The molecule has 4 rings (SSSR count). The van der Waals surface area contributed by atoms with E-state index in [0.29, 0.717) is 11.3 Å². The molecule has 1 aliphatic rings. The molecule has 2 atom stereocenters. The maximum atomic E-state index is 13.1. The number of rotatable bonds is 8. The number of aryl methyl sites for hydroxylation is 1. The van der Waals surface area contributed by atoms with Gasteiger partial charge in [-0.3, -0.25) is 9.69 Å². The predicted molar refractivity (Wildman–Crippen MR) is 138 cm³/mol. The second kappa shape index (κ2) is 10.8. The topological polar surface area (TPSA) is 60.0 Å². The first kappa shape index (κ1) is 24.6. The summed E-state index contributed by atoms with van der Waals surface area (Å²) >= 11 is 0. The van der Waals surface area contributed by atoms with Crippen LogP contribution < -0.4 is 19.5 Å². The number of fused-ring (bicyclic) bond motifs is 1. The van der Waals surface area contributed by atoms with Gasteiger partial charge >= 0.3 is 0 Å². The molecule has 1 heterocycles. The Morgan fingerprint density at radius 2 is 1.63 bits per heavy atom. The highest BCUT2D eigenvalue weighted by Crippen LogP contribution is 2.40. The van der Waals surface area contributed by atoms with Crippen LogP contribution in [0.2, 0.25) is 0 Å². The molecular formula is C29H34N2O4. The van der Waals surface area contributed by atoms with Crippen LogP contribution >= 0.6 is 0 Å². The van der Waals surface area contributed by atoms with Crippen LogP contribution in [0.1, 0.15) is 45.6 Å². The Bertz CT molecular complexity index is 1160. The van der Waals surface area contributed by atoms with Crippen molar-refractivity contribution in [2.75, 3.05) is 27.9 Å². The first-order chi connectivity index (χ1) is 16.9. The van der Waals surface area contributed by atoms with Gasteiger partial charge in [-0.15, -0.1) is 0 Å². The van der Waals surface area contributed by atoms with Crippen molar-refractivity contribution in [2.24, 2.45) is 0 Å². The molecule has 6 nitrogen and oxygen atoms in total. The fourth-order valence-electron chi connectivity index (χ4n) is 4.83. The molecule has 0 fully saturated rings. The summed E-state index contributed by atoms with van der Waals surface area (Å²) in [6, 6.07) is 19.8. The van der Waals surface area contributed by atoms with E-state index in [1.54, 1.807) is 21.3 Å². The minimum Gasteiger partial charge on any atom is -0.497 e. The number of hydrogen-bond donors (Lipinski definition) is 1. The van der Waals surface area contributed by atoms with Crippen molar-refractivity contribution in [2.45, 2.75) is 38.9 Å². The van der Waals surface area contributed by atoms with Gasteiger partial charge in [-0.25, -0.2) is 0 Å². The van der Waals surface area contributed by atoms with Crippen molar-refractivity contribution >= 4 is 5.91 Å². The lowest BCUT2D eigenvalue weighted by Crippen LogP contribution is -2.47. The molecule has 0 saturated heterocycles. The average molecular weight is 475 g/mol. The quantitative estimate of drug-likeness (QED) is 0.501. The summed E-state index contributed by atoms with van der Waals surface area (Å²) in [6.07, 6.45) is 0.890. The van der Waals surface area contributed by atoms with Crippen LogP contribution in [0.4, 0.5) is 0 Å². The first-order valence-corrected chi connectivity index (χ1v) is 11.9. The Kier molecular flexibility index (Phi) is 7.61. The van der Waals surface area contributed by atoms with Gasteiger partial charge in [-0.05, 0) is 73.4 Å². The van der Waals surface area contributed by atoms with E-state index in [2.05, 4.69) is 41.4 Å². The lowest BCUT2D eigenvalue weighted by molar-refractivity contribution is 0.0877. The molecular weight excluding hydrogens is 440 g/mol. The zero-order chi connectivity index (χ0) is 24.9. The summed E-state index contributed by atoms with van der Waals surface area (Å²) < 4.78 is 16.5. The zero-order valence-corrected chi connectivity index (χ0v) is 21.1. The molecule has 1 N–H and O–H groups in total. The summed E-state index contributed by atoms with van der Waals surface area (Å²) in [5.74, 6) is 2.18. The Morgan fingerprint density at radius 1 is 0.971 bits per heavy atom. The molecule has 1 amide bonds. The number of hydrogen-bond acceptors (Lipinski definition) is 5.